The van der Waals surface area contributed by atoms with Crippen LogP contribution in [0.2, 0.25) is 0 Å². The van der Waals surface area contributed by atoms with Crippen LogP contribution in [0.4, 0.5) is 18.0 Å². The molecule has 2 fully saturated rings. The fourth-order valence-electron chi connectivity index (χ4n) is 6.22. The second kappa shape index (κ2) is 12.7. The van der Waals surface area contributed by atoms with Gasteiger partial charge in [-0.1, -0.05) is 45.0 Å². The predicted octanol–water partition coefficient (Wildman–Crippen LogP) is 6.64. The third kappa shape index (κ3) is 7.08. The fraction of sp³-hybridized carbons (Fsp3) is 0.594. The lowest BCUT2D eigenvalue weighted by Gasteiger charge is -2.36. The number of nitrogens with one attached hydrogen (secondary N) is 1. The molecule has 0 spiro atoms. The van der Waals surface area contributed by atoms with Crippen molar-refractivity contribution < 1.29 is 37.0 Å². The predicted molar refractivity (Wildman–Crippen MR) is 154 cm³/mol. The maximum absolute atomic E-state index is 13.9. The molecule has 2 aliphatic rings. The fourth-order valence-corrected chi connectivity index (χ4v) is 6.22. The van der Waals surface area contributed by atoms with Gasteiger partial charge < -0.3 is 19.5 Å². The first-order chi connectivity index (χ1) is 20.2. The molecular weight excluding hydrogens is 563 g/mol. The van der Waals surface area contributed by atoms with Crippen molar-refractivity contribution in [1.82, 2.24) is 15.2 Å². The summed E-state index contributed by atoms with van der Waals surface area (Å²) in [7, 11) is 1.35. The number of aromatic nitrogens is 1. The summed E-state index contributed by atoms with van der Waals surface area (Å²) in [6, 6.07) is 6.60. The molecule has 1 aromatic carbocycles. The lowest BCUT2D eigenvalue weighted by atomic mass is 9.72. The number of carbonyl (C=O) groups is 2. The smallest absolute Gasteiger partial charge is 0.417 e. The molecular formula is C32H42F3N3O5. The number of hydrogen-bond acceptors (Lipinski definition) is 7. The van der Waals surface area contributed by atoms with Crippen LogP contribution < -0.4 is 10.1 Å². The number of amides is 1. The minimum atomic E-state index is -4.59. The highest BCUT2D eigenvalue weighted by Crippen LogP contribution is 2.52. The van der Waals surface area contributed by atoms with Crippen LogP contribution in [0.5, 0.6) is 5.88 Å². The monoisotopic (exact) mass is 605 g/mol. The zero-order chi connectivity index (χ0) is 31.7. The zero-order valence-electron chi connectivity index (χ0n) is 25.8. The molecule has 0 unspecified atom stereocenters. The van der Waals surface area contributed by atoms with Gasteiger partial charge in [-0.25, -0.2) is 14.6 Å². The van der Waals surface area contributed by atoms with Crippen molar-refractivity contribution in [1.29, 1.82) is 0 Å². The standard InChI is InChI=1S/C32H42F3N3O5/c1-8-42-29(39)27-24(31(4,5)6)25(36-16-20-15-21(32(33,34)35)17-37-28(20)41-7)26(38(27)30(40)43-18(2)3)23-12-10-9-11-22(23)19-13-14-19/h9-12,15,17-19,24-27,36H,8,13-14,16H2,1-7H3/t24-,25-,26-,27-/m0/s1. The van der Waals surface area contributed by atoms with Gasteiger partial charge in [0.2, 0.25) is 5.88 Å². The molecule has 2 aromatic rings. The van der Waals surface area contributed by atoms with Crippen LogP contribution in [0.3, 0.4) is 0 Å². The maximum atomic E-state index is 13.9. The number of methoxy groups -OCH3 is 1. The van der Waals surface area contributed by atoms with Crippen molar-refractivity contribution in [3.05, 3.63) is 58.8 Å². The van der Waals surface area contributed by atoms with Gasteiger partial charge in [-0.15, -0.1) is 0 Å². The highest BCUT2D eigenvalue weighted by atomic mass is 19.4. The number of alkyl halides is 3. The molecule has 236 valence electrons. The summed E-state index contributed by atoms with van der Waals surface area (Å²) >= 11 is 0. The van der Waals surface area contributed by atoms with E-state index in [-0.39, 0.29) is 24.6 Å². The average molecular weight is 606 g/mol. The molecule has 1 amide bonds. The second-order valence-corrected chi connectivity index (χ2v) is 12.6. The summed E-state index contributed by atoms with van der Waals surface area (Å²) in [5.74, 6) is -0.686. The minimum Gasteiger partial charge on any atom is -0.481 e. The van der Waals surface area contributed by atoms with Gasteiger partial charge in [-0.05, 0) is 62.1 Å². The van der Waals surface area contributed by atoms with E-state index in [0.717, 1.165) is 36.2 Å². The molecule has 1 N–H and O–H groups in total. The van der Waals surface area contributed by atoms with Gasteiger partial charge in [0.1, 0.15) is 6.04 Å². The van der Waals surface area contributed by atoms with E-state index in [4.69, 9.17) is 14.2 Å². The molecule has 0 radical (unpaired) electrons. The largest absolute Gasteiger partial charge is 0.481 e. The Morgan fingerprint density at radius 3 is 2.30 bits per heavy atom. The number of rotatable bonds is 9. The third-order valence-electron chi connectivity index (χ3n) is 8.05. The van der Waals surface area contributed by atoms with E-state index in [0.29, 0.717) is 5.92 Å². The Labute approximate surface area is 251 Å². The zero-order valence-corrected chi connectivity index (χ0v) is 25.8. The molecule has 43 heavy (non-hydrogen) atoms. The Bertz CT molecular complexity index is 1310. The normalized spacial score (nSPS) is 22.5. The highest BCUT2D eigenvalue weighted by Gasteiger charge is 2.59. The minimum absolute atomic E-state index is 0.0535. The van der Waals surface area contributed by atoms with E-state index < -0.39 is 59.4 Å². The summed E-state index contributed by atoms with van der Waals surface area (Å²) in [5.41, 5.74) is 0.710. The number of esters is 1. The van der Waals surface area contributed by atoms with Gasteiger partial charge >= 0.3 is 18.2 Å². The SMILES string of the molecule is CCOC(=O)[C@@H]1[C@@H](C(C)(C)C)[C@H](NCc2cc(C(F)(F)F)cnc2OC)[C@H](c2ccccc2C2CC2)N1C(=O)OC(C)C. The van der Waals surface area contributed by atoms with Gasteiger partial charge in [0, 0.05) is 30.3 Å². The van der Waals surface area contributed by atoms with Crippen molar-refractivity contribution in [3.8, 4) is 5.88 Å². The van der Waals surface area contributed by atoms with E-state index in [9.17, 15) is 22.8 Å². The molecule has 8 nitrogen and oxygen atoms in total. The lowest BCUT2D eigenvalue weighted by molar-refractivity contribution is -0.151. The second-order valence-electron chi connectivity index (χ2n) is 12.6. The van der Waals surface area contributed by atoms with Gasteiger partial charge in [0.15, 0.2) is 0 Å². The van der Waals surface area contributed by atoms with E-state index in [1.807, 2.05) is 45.0 Å². The van der Waals surface area contributed by atoms with Gasteiger partial charge in [0.05, 0.1) is 31.4 Å². The Hall–Kier alpha value is -3.34. The number of carbonyl (C=O) groups excluding carboxylic acids is 2. The summed E-state index contributed by atoms with van der Waals surface area (Å²) in [6.07, 6.45) is -2.93. The number of likely N-dealkylation sites (tertiary alicyclic amines) is 1. The number of hydrogen-bond donors (Lipinski definition) is 1. The van der Waals surface area contributed by atoms with Crippen LogP contribution in [-0.4, -0.2) is 53.9 Å². The van der Waals surface area contributed by atoms with Crippen LogP contribution in [0.25, 0.3) is 0 Å². The van der Waals surface area contributed by atoms with Crippen molar-refractivity contribution in [2.45, 2.75) is 97.3 Å². The molecule has 0 bridgehead atoms. The molecule has 1 aromatic heterocycles. The third-order valence-corrected chi connectivity index (χ3v) is 8.05. The van der Waals surface area contributed by atoms with E-state index in [1.54, 1.807) is 20.8 Å². The van der Waals surface area contributed by atoms with E-state index in [2.05, 4.69) is 10.3 Å². The molecule has 1 saturated heterocycles. The van der Waals surface area contributed by atoms with Gasteiger partial charge in [-0.3, -0.25) is 4.90 Å². The van der Waals surface area contributed by atoms with Crippen LogP contribution >= 0.6 is 0 Å². The van der Waals surface area contributed by atoms with E-state index in [1.165, 1.54) is 12.0 Å². The first-order valence-electron chi connectivity index (χ1n) is 14.8. The lowest BCUT2D eigenvalue weighted by Crippen LogP contribution is -2.49. The number of nitrogens with zero attached hydrogens (tertiary/aromatic N) is 2. The van der Waals surface area contributed by atoms with Crippen molar-refractivity contribution in [2.75, 3.05) is 13.7 Å². The summed E-state index contributed by atoms with van der Waals surface area (Å²) in [4.78, 5) is 33.0. The number of benzene rings is 1. The maximum Gasteiger partial charge on any atom is 0.417 e. The van der Waals surface area contributed by atoms with E-state index >= 15 is 0 Å². The molecule has 2 heterocycles. The average Bonchev–Trinajstić information content (AvgIpc) is 3.70. The van der Waals surface area contributed by atoms with Gasteiger partial charge in [0.25, 0.3) is 0 Å². The quantitative estimate of drug-likeness (QED) is 0.321. The Balaban J connectivity index is 1.89. The Morgan fingerprint density at radius 1 is 1.12 bits per heavy atom. The summed E-state index contributed by atoms with van der Waals surface area (Å²) < 4.78 is 57.4. The van der Waals surface area contributed by atoms with Crippen LogP contribution in [0.15, 0.2) is 36.5 Å². The Kier molecular flexibility index (Phi) is 9.63. The molecule has 1 saturated carbocycles. The molecule has 1 aliphatic heterocycles. The first kappa shape index (κ1) is 32.6. The van der Waals surface area contributed by atoms with Crippen LogP contribution in [0, 0.1) is 11.3 Å². The van der Waals surface area contributed by atoms with Crippen molar-refractivity contribution in [3.63, 3.8) is 0 Å². The number of ether oxygens (including phenoxy) is 3. The number of halogens is 3. The van der Waals surface area contributed by atoms with Gasteiger partial charge in [-0.2, -0.15) is 13.2 Å². The summed E-state index contributed by atoms with van der Waals surface area (Å²) in [5, 5.41) is 3.46. The van der Waals surface area contributed by atoms with Crippen molar-refractivity contribution >= 4 is 12.1 Å². The molecule has 4 atom stereocenters. The van der Waals surface area contributed by atoms with Crippen LogP contribution in [-0.2, 0) is 27.0 Å². The summed E-state index contributed by atoms with van der Waals surface area (Å²) in [6.45, 7) is 11.2. The highest BCUT2D eigenvalue weighted by molar-refractivity contribution is 5.84. The van der Waals surface area contributed by atoms with Crippen LogP contribution in [0.1, 0.15) is 88.6 Å². The molecule has 1 aliphatic carbocycles. The number of pyridine rings is 1. The first-order valence-corrected chi connectivity index (χ1v) is 14.8. The van der Waals surface area contributed by atoms with Crippen molar-refractivity contribution in [2.24, 2.45) is 11.3 Å². The Morgan fingerprint density at radius 2 is 1.77 bits per heavy atom. The topological polar surface area (TPSA) is 90.0 Å². The molecule has 11 heteroatoms. The molecule has 4 rings (SSSR count).